The minimum absolute atomic E-state index is 0.336. The first-order chi connectivity index (χ1) is 8.69. The van der Waals surface area contributed by atoms with Crippen molar-refractivity contribution in [2.24, 2.45) is 0 Å². The molecule has 2 aromatic heterocycles. The zero-order valence-corrected chi connectivity index (χ0v) is 12.0. The molecule has 0 saturated carbocycles. The first kappa shape index (κ1) is 12.9. The van der Waals surface area contributed by atoms with Crippen LogP contribution in [0.5, 0.6) is 0 Å². The van der Waals surface area contributed by atoms with Gasteiger partial charge in [0.2, 0.25) is 5.95 Å². The molecule has 0 radical (unpaired) electrons. The summed E-state index contributed by atoms with van der Waals surface area (Å²) >= 11 is 1.38. The van der Waals surface area contributed by atoms with E-state index >= 15 is 0 Å². The number of aromatic nitrogens is 5. The van der Waals surface area contributed by atoms with Crippen molar-refractivity contribution in [2.45, 2.75) is 40.2 Å². The molecule has 98 valence electrons. The number of nitrogens with one attached hydrogen (secondary N) is 1. The molecule has 0 unspecified atom stereocenters. The molecule has 0 bridgehead atoms. The molecule has 0 aliphatic rings. The van der Waals surface area contributed by atoms with Crippen molar-refractivity contribution in [1.29, 1.82) is 0 Å². The van der Waals surface area contributed by atoms with E-state index in [-0.39, 0.29) is 0 Å². The van der Waals surface area contributed by atoms with Crippen LogP contribution in [0, 0.1) is 0 Å². The summed E-state index contributed by atoms with van der Waals surface area (Å²) in [6.07, 6.45) is 0. The molecule has 6 nitrogen and oxygen atoms in total. The predicted octanol–water partition coefficient (Wildman–Crippen LogP) is 2.37. The third-order valence-corrected chi connectivity index (χ3v) is 3.40. The Hall–Kier alpha value is -1.50. The van der Waals surface area contributed by atoms with Crippen molar-refractivity contribution in [1.82, 2.24) is 24.4 Å². The van der Waals surface area contributed by atoms with Crippen LogP contribution in [0.25, 0.3) is 10.7 Å². The van der Waals surface area contributed by atoms with Crippen LogP contribution in [-0.2, 0) is 6.54 Å². The highest BCUT2D eigenvalue weighted by Crippen LogP contribution is 2.30. The van der Waals surface area contributed by atoms with Crippen LogP contribution in [-0.4, -0.2) is 30.9 Å². The summed E-state index contributed by atoms with van der Waals surface area (Å²) in [4.78, 5) is 1.02. The van der Waals surface area contributed by atoms with Gasteiger partial charge in [0.25, 0.3) is 0 Å². The average molecular weight is 266 g/mol. The van der Waals surface area contributed by atoms with E-state index in [9.17, 15) is 0 Å². The second-order valence-electron chi connectivity index (χ2n) is 4.26. The molecule has 2 rings (SSSR count). The monoisotopic (exact) mass is 266 g/mol. The van der Waals surface area contributed by atoms with Crippen LogP contribution in [0.4, 0.5) is 5.95 Å². The van der Waals surface area contributed by atoms with Crippen LogP contribution >= 0.6 is 11.5 Å². The molecule has 7 heteroatoms. The van der Waals surface area contributed by atoms with Crippen LogP contribution in [0.3, 0.4) is 0 Å². The van der Waals surface area contributed by atoms with Crippen LogP contribution in [0.2, 0.25) is 0 Å². The lowest BCUT2D eigenvalue weighted by Gasteiger charge is -2.08. The molecule has 0 aromatic carbocycles. The summed E-state index contributed by atoms with van der Waals surface area (Å²) in [5.41, 5.74) is 0.991. The highest BCUT2D eigenvalue weighted by Gasteiger charge is 2.20. The first-order valence-electron chi connectivity index (χ1n) is 6.18. The van der Waals surface area contributed by atoms with E-state index in [1.54, 1.807) is 0 Å². The quantitative estimate of drug-likeness (QED) is 0.899. The smallest absolute Gasteiger partial charge is 0.224 e. The van der Waals surface area contributed by atoms with Gasteiger partial charge in [0.1, 0.15) is 4.88 Å². The summed E-state index contributed by atoms with van der Waals surface area (Å²) in [6.45, 7) is 9.99. The summed E-state index contributed by atoms with van der Waals surface area (Å²) in [6, 6.07) is 0. The molecular formula is C11H18N6S. The van der Waals surface area contributed by atoms with Gasteiger partial charge >= 0.3 is 0 Å². The maximum absolute atomic E-state index is 4.27. The molecule has 2 aromatic rings. The molecule has 18 heavy (non-hydrogen) atoms. The minimum Gasteiger partial charge on any atom is -0.355 e. The van der Waals surface area contributed by atoms with Crippen molar-refractivity contribution >= 4 is 17.5 Å². The van der Waals surface area contributed by atoms with Crippen molar-refractivity contribution in [3.05, 3.63) is 5.69 Å². The molecular weight excluding hydrogens is 248 g/mol. The Bertz CT molecular complexity index is 515. The number of nitrogens with zero attached hydrogens (tertiary/aromatic N) is 5. The maximum atomic E-state index is 4.27. The molecule has 0 aliphatic heterocycles. The van der Waals surface area contributed by atoms with Gasteiger partial charge < -0.3 is 5.32 Å². The topological polar surface area (TPSA) is 68.5 Å². The summed E-state index contributed by atoms with van der Waals surface area (Å²) in [5.74, 6) is 1.99. The largest absolute Gasteiger partial charge is 0.355 e. The third kappa shape index (κ3) is 2.22. The van der Waals surface area contributed by atoms with Gasteiger partial charge in [0, 0.05) is 13.1 Å². The molecule has 1 N–H and O–H groups in total. The van der Waals surface area contributed by atoms with Gasteiger partial charge in [-0.15, -0.1) is 15.3 Å². The fourth-order valence-electron chi connectivity index (χ4n) is 1.79. The number of hydrogen-bond acceptors (Lipinski definition) is 6. The van der Waals surface area contributed by atoms with E-state index in [1.807, 2.05) is 6.92 Å². The van der Waals surface area contributed by atoms with Gasteiger partial charge in [0.05, 0.1) is 5.69 Å². The SMILES string of the molecule is CCNc1nnc(-c2snnc2C(C)C)n1CC. The molecule has 0 fully saturated rings. The van der Waals surface area contributed by atoms with Gasteiger partial charge in [-0.25, -0.2) is 0 Å². The molecule has 0 atom stereocenters. The lowest BCUT2D eigenvalue weighted by molar-refractivity contribution is 0.764. The zero-order chi connectivity index (χ0) is 13.1. The average Bonchev–Trinajstić information content (AvgIpc) is 2.94. The highest BCUT2D eigenvalue weighted by atomic mass is 32.1. The number of hydrogen-bond donors (Lipinski definition) is 1. The molecule has 0 saturated heterocycles. The van der Waals surface area contributed by atoms with Crippen molar-refractivity contribution in [3.8, 4) is 10.7 Å². The Kier molecular flexibility index (Phi) is 3.90. The van der Waals surface area contributed by atoms with Crippen LogP contribution in [0.1, 0.15) is 39.3 Å². The third-order valence-electron chi connectivity index (χ3n) is 2.67. The normalized spacial score (nSPS) is 11.2. The summed E-state index contributed by atoms with van der Waals surface area (Å²) in [5, 5.41) is 15.9. The minimum atomic E-state index is 0.336. The molecule has 0 spiro atoms. The maximum Gasteiger partial charge on any atom is 0.224 e. The Morgan fingerprint density at radius 2 is 2.00 bits per heavy atom. The second-order valence-corrected chi connectivity index (χ2v) is 5.02. The van der Waals surface area contributed by atoms with E-state index in [0.29, 0.717) is 5.92 Å². The Balaban J connectivity index is 2.47. The van der Waals surface area contributed by atoms with Gasteiger partial charge in [-0.2, -0.15) is 0 Å². The predicted molar refractivity (Wildman–Crippen MR) is 72.9 cm³/mol. The Morgan fingerprint density at radius 1 is 1.22 bits per heavy atom. The lowest BCUT2D eigenvalue weighted by Crippen LogP contribution is -2.07. The molecule has 0 amide bonds. The van der Waals surface area contributed by atoms with Gasteiger partial charge in [0.15, 0.2) is 5.82 Å². The zero-order valence-electron chi connectivity index (χ0n) is 11.1. The second kappa shape index (κ2) is 5.43. The van der Waals surface area contributed by atoms with Crippen LogP contribution in [0.15, 0.2) is 0 Å². The van der Waals surface area contributed by atoms with Gasteiger partial charge in [-0.1, -0.05) is 18.3 Å². The Morgan fingerprint density at radius 3 is 2.61 bits per heavy atom. The van der Waals surface area contributed by atoms with E-state index < -0.39 is 0 Å². The van der Waals surface area contributed by atoms with Crippen molar-refractivity contribution in [3.63, 3.8) is 0 Å². The molecule has 2 heterocycles. The van der Waals surface area contributed by atoms with E-state index in [4.69, 9.17) is 0 Å². The number of anilines is 1. The van der Waals surface area contributed by atoms with Crippen molar-refractivity contribution < 1.29 is 0 Å². The fraction of sp³-hybridized carbons (Fsp3) is 0.636. The van der Waals surface area contributed by atoms with E-state index in [0.717, 1.165) is 35.4 Å². The summed E-state index contributed by atoms with van der Waals surface area (Å²) < 4.78 is 6.10. The van der Waals surface area contributed by atoms with E-state index in [2.05, 4.69) is 50.4 Å². The Labute approximate surface area is 111 Å². The van der Waals surface area contributed by atoms with E-state index in [1.165, 1.54) is 11.5 Å². The number of rotatable bonds is 5. The standard InChI is InChI=1S/C11H18N6S/c1-5-12-11-15-14-10(17(11)6-2)9-8(7(3)4)13-16-18-9/h7H,5-6H2,1-4H3,(H,12,15). The molecule has 0 aliphatic carbocycles. The van der Waals surface area contributed by atoms with Gasteiger partial charge in [-0.3, -0.25) is 4.57 Å². The lowest BCUT2D eigenvalue weighted by atomic mass is 10.1. The van der Waals surface area contributed by atoms with Crippen molar-refractivity contribution in [2.75, 3.05) is 11.9 Å². The fourth-order valence-corrected chi connectivity index (χ4v) is 2.60. The van der Waals surface area contributed by atoms with Gasteiger partial charge in [-0.05, 0) is 31.3 Å². The van der Waals surface area contributed by atoms with Crippen LogP contribution < -0.4 is 5.32 Å². The highest BCUT2D eigenvalue weighted by molar-refractivity contribution is 7.09. The first-order valence-corrected chi connectivity index (χ1v) is 6.96. The summed E-state index contributed by atoms with van der Waals surface area (Å²) in [7, 11) is 0.